The van der Waals surface area contributed by atoms with Crippen molar-refractivity contribution in [2.45, 2.75) is 26.7 Å². The normalized spacial score (nSPS) is 16.7. The molecule has 2 heterocycles. The van der Waals surface area contributed by atoms with E-state index in [4.69, 9.17) is 5.84 Å². The zero-order valence-electron chi connectivity index (χ0n) is 11.6. The Morgan fingerprint density at radius 1 is 1.47 bits per heavy atom. The molecule has 0 radical (unpaired) electrons. The highest BCUT2D eigenvalue weighted by molar-refractivity contribution is 5.99. The van der Waals surface area contributed by atoms with Gasteiger partial charge in [-0.3, -0.25) is 15.6 Å². The van der Waals surface area contributed by atoms with Gasteiger partial charge in [0.05, 0.1) is 17.4 Å². The van der Waals surface area contributed by atoms with Gasteiger partial charge in [0.25, 0.3) is 5.91 Å². The topological polar surface area (TPSA) is 71.2 Å². The summed E-state index contributed by atoms with van der Waals surface area (Å²) in [6, 6.07) is 1.71. The first-order valence-corrected chi connectivity index (χ1v) is 6.83. The molecule has 1 aromatic rings. The molecule has 1 fully saturated rings. The number of likely N-dealkylation sites (tertiary alicyclic amines) is 1. The lowest BCUT2D eigenvalue weighted by molar-refractivity contribution is 0.0668. The number of hydrogen-bond donors (Lipinski definition) is 2. The number of nitrogens with two attached hydrogens (primary N) is 1. The zero-order valence-corrected chi connectivity index (χ0v) is 11.6. The van der Waals surface area contributed by atoms with Crippen molar-refractivity contribution in [1.82, 2.24) is 9.88 Å². The summed E-state index contributed by atoms with van der Waals surface area (Å²) >= 11 is 0. The van der Waals surface area contributed by atoms with Crippen LogP contribution in [0.3, 0.4) is 0 Å². The van der Waals surface area contributed by atoms with Crippen molar-refractivity contribution in [2.75, 3.05) is 18.5 Å². The number of amides is 1. The molecule has 1 aliphatic heterocycles. The summed E-state index contributed by atoms with van der Waals surface area (Å²) in [5.74, 6) is 6.88. The van der Waals surface area contributed by atoms with Crippen LogP contribution in [0.25, 0.3) is 0 Å². The van der Waals surface area contributed by atoms with Crippen LogP contribution in [0.4, 0.5) is 5.69 Å². The lowest BCUT2D eigenvalue weighted by atomic mass is 9.86. The summed E-state index contributed by atoms with van der Waals surface area (Å²) in [5.41, 5.74) is 3.71. The molecule has 1 saturated heterocycles. The van der Waals surface area contributed by atoms with Crippen LogP contribution < -0.4 is 11.3 Å². The first-order chi connectivity index (χ1) is 9.13. The summed E-state index contributed by atoms with van der Waals surface area (Å²) in [6.07, 6.45) is 5.36. The molecule has 0 bridgehead atoms. The van der Waals surface area contributed by atoms with E-state index < -0.39 is 0 Å². The van der Waals surface area contributed by atoms with Gasteiger partial charge in [0.15, 0.2) is 0 Å². The third-order valence-corrected chi connectivity index (χ3v) is 3.98. The van der Waals surface area contributed by atoms with Gasteiger partial charge in [-0.1, -0.05) is 13.8 Å². The van der Waals surface area contributed by atoms with Crippen molar-refractivity contribution in [2.24, 2.45) is 17.7 Å². The molecule has 2 rings (SSSR count). The number of pyridine rings is 1. The summed E-state index contributed by atoms with van der Waals surface area (Å²) in [7, 11) is 0. The number of nitrogens with zero attached hydrogens (tertiary/aromatic N) is 2. The molecule has 5 nitrogen and oxygen atoms in total. The Morgan fingerprint density at radius 2 is 2.16 bits per heavy atom. The van der Waals surface area contributed by atoms with Gasteiger partial charge in [0.2, 0.25) is 0 Å². The number of piperidine rings is 1. The average molecular weight is 262 g/mol. The predicted octanol–water partition coefficient (Wildman–Crippen LogP) is 1.88. The second-order valence-electron chi connectivity index (χ2n) is 5.44. The average Bonchev–Trinajstić information content (AvgIpc) is 2.46. The maximum absolute atomic E-state index is 12.5. The molecule has 1 amide bonds. The highest BCUT2D eigenvalue weighted by Gasteiger charge is 2.26. The Labute approximate surface area is 114 Å². The van der Waals surface area contributed by atoms with Crippen LogP contribution in [-0.4, -0.2) is 28.9 Å². The number of carbonyl (C=O) groups excluding carboxylic acids is 1. The third-order valence-electron chi connectivity index (χ3n) is 3.98. The molecule has 0 aliphatic carbocycles. The van der Waals surface area contributed by atoms with Gasteiger partial charge >= 0.3 is 0 Å². The van der Waals surface area contributed by atoms with Crippen LogP contribution in [0.15, 0.2) is 18.5 Å². The van der Waals surface area contributed by atoms with Crippen LogP contribution in [-0.2, 0) is 0 Å². The van der Waals surface area contributed by atoms with Gasteiger partial charge in [-0.25, -0.2) is 0 Å². The number of carbonyl (C=O) groups is 1. The summed E-state index contributed by atoms with van der Waals surface area (Å²) in [4.78, 5) is 18.3. The van der Waals surface area contributed by atoms with Gasteiger partial charge in [-0.2, -0.15) is 0 Å². The van der Waals surface area contributed by atoms with Crippen molar-refractivity contribution in [3.63, 3.8) is 0 Å². The number of nitrogen functional groups attached to an aromatic ring is 1. The molecule has 3 N–H and O–H groups in total. The highest BCUT2D eigenvalue weighted by atomic mass is 16.2. The SMILES string of the molecule is CC(C)C1CCN(C(=O)c2ccncc2NN)CC1. The molecule has 19 heavy (non-hydrogen) atoms. The van der Waals surface area contributed by atoms with Gasteiger partial charge in [0, 0.05) is 19.3 Å². The first-order valence-electron chi connectivity index (χ1n) is 6.83. The van der Waals surface area contributed by atoms with Crippen LogP contribution in [0.5, 0.6) is 0 Å². The van der Waals surface area contributed by atoms with E-state index in [0.717, 1.165) is 31.8 Å². The van der Waals surface area contributed by atoms with Crippen molar-refractivity contribution in [3.05, 3.63) is 24.0 Å². The minimum Gasteiger partial charge on any atom is -0.339 e. The molecular formula is C14H22N4O. The fraction of sp³-hybridized carbons (Fsp3) is 0.571. The summed E-state index contributed by atoms with van der Waals surface area (Å²) < 4.78 is 0. The van der Waals surface area contributed by atoms with Crippen LogP contribution in [0, 0.1) is 11.8 Å². The van der Waals surface area contributed by atoms with E-state index in [2.05, 4.69) is 24.3 Å². The van der Waals surface area contributed by atoms with Crippen LogP contribution >= 0.6 is 0 Å². The standard InChI is InChI=1S/C14H22N4O/c1-10(2)11-4-7-18(8-5-11)14(19)12-3-6-16-9-13(12)17-15/h3,6,9-11,17H,4-5,7-8,15H2,1-2H3. The van der Waals surface area contributed by atoms with E-state index in [-0.39, 0.29) is 5.91 Å². The van der Waals surface area contributed by atoms with E-state index in [0.29, 0.717) is 17.2 Å². The summed E-state index contributed by atoms with van der Waals surface area (Å²) in [5, 5.41) is 0. The van der Waals surface area contributed by atoms with Crippen molar-refractivity contribution in [3.8, 4) is 0 Å². The fourth-order valence-corrected chi connectivity index (χ4v) is 2.64. The largest absolute Gasteiger partial charge is 0.339 e. The van der Waals surface area contributed by atoms with Gasteiger partial charge in [-0.05, 0) is 30.7 Å². The molecule has 0 atom stereocenters. The second kappa shape index (κ2) is 6.02. The molecule has 0 saturated carbocycles. The minimum absolute atomic E-state index is 0.0394. The van der Waals surface area contributed by atoms with Crippen molar-refractivity contribution >= 4 is 11.6 Å². The Balaban J connectivity index is 2.05. The molecule has 1 aromatic heterocycles. The van der Waals surface area contributed by atoms with Gasteiger partial charge < -0.3 is 10.3 Å². The molecule has 0 spiro atoms. The number of hydrogen-bond acceptors (Lipinski definition) is 4. The highest BCUT2D eigenvalue weighted by Crippen LogP contribution is 2.26. The lowest BCUT2D eigenvalue weighted by Crippen LogP contribution is -2.39. The fourth-order valence-electron chi connectivity index (χ4n) is 2.64. The Kier molecular flexibility index (Phi) is 4.37. The Morgan fingerprint density at radius 3 is 2.74 bits per heavy atom. The molecule has 0 unspecified atom stereocenters. The smallest absolute Gasteiger partial charge is 0.256 e. The van der Waals surface area contributed by atoms with E-state index in [1.807, 2.05) is 4.90 Å². The Bertz CT molecular complexity index is 439. The van der Waals surface area contributed by atoms with E-state index in [9.17, 15) is 4.79 Å². The third kappa shape index (κ3) is 3.04. The zero-order chi connectivity index (χ0) is 13.8. The van der Waals surface area contributed by atoms with Crippen molar-refractivity contribution in [1.29, 1.82) is 0 Å². The first kappa shape index (κ1) is 13.8. The predicted molar refractivity (Wildman–Crippen MR) is 75.5 cm³/mol. The Hall–Kier alpha value is -1.62. The van der Waals surface area contributed by atoms with Crippen molar-refractivity contribution < 1.29 is 4.79 Å². The second-order valence-corrected chi connectivity index (χ2v) is 5.44. The minimum atomic E-state index is 0.0394. The molecule has 1 aliphatic rings. The maximum Gasteiger partial charge on any atom is 0.256 e. The quantitative estimate of drug-likeness (QED) is 0.644. The van der Waals surface area contributed by atoms with E-state index in [1.54, 1.807) is 18.5 Å². The van der Waals surface area contributed by atoms with E-state index in [1.165, 1.54) is 0 Å². The lowest BCUT2D eigenvalue weighted by Gasteiger charge is -2.34. The summed E-state index contributed by atoms with van der Waals surface area (Å²) in [6.45, 7) is 6.16. The van der Waals surface area contributed by atoms with Crippen LogP contribution in [0.2, 0.25) is 0 Å². The molecule has 0 aromatic carbocycles. The van der Waals surface area contributed by atoms with Crippen LogP contribution in [0.1, 0.15) is 37.0 Å². The number of rotatable bonds is 3. The number of hydrazine groups is 1. The molecular weight excluding hydrogens is 240 g/mol. The molecule has 104 valence electrons. The van der Waals surface area contributed by atoms with E-state index >= 15 is 0 Å². The van der Waals surface area contributed by atoms with Gasteiger partial charge in [0.1, 0.15) is 0 Å². The van der Waals surface area contributed by atoms with Gasteiger partial charge in [-0.15, -0.1) is 0 Å². The maximum atomic E-state index is 12.5. The number of nitrogens with one attached hydrogen (secondary N) is 1. The number of anilines is 1. The monoisotopic (exact) mass is 262 g/mol. The number of aromatic nitrogens is 1. The molecule has 5 heteroatoms.